The molecule has 0 radical (unpaired) electrons. The maximum absolute atomic E-state index is 11.3. The maximum Gasteiger partial charge on any atom is 0.127 e. The van der Waals surface area contributed by atoms with Crippen LogP contribution in [0.15, 0.2) is 18.7 Å². The number of allylic oxidation sites excluding steroid dienone is 1. The van der Waals surface area contributed by atoms with Crippen LogP contribution in [0.4, 0.5) is 0 Å². The highest BCUT2D eigenvalue weighted by Gasteiger charge is 2.47. The molecule has 0 spiro atoms. The molecular formula is C24H36O2. The molecule has 1 N–H and O–H groups in total. The lowest BCUT2D eigenvalue weighted by Crippen LogP contribution is -2.46. The van der Waals surface area contributed by atoms with Crippen LogP contribution in [0, 0.1) is 11.8 Å². The minimum absolute atomic E-state index is 0.162. The molecule has 2 nitrogen and oxygen atoms in total. The van der Waals surface area contributed by atoms with Crippen molar-refractivity contribution in [3.05, 3.63) is 35.4 Å². The van der Waals surface area contributed by atoms with E-state index in [-0.39, 0.29) is 5.60 Å². The molecular weight excluding hydrogens is 320 g/mol. The lowest BCUT2D eigenvalue weighted by atomic mass is 9.64. The Bertz CT molecular complexity index is 659. The zero-order valence-corrected chi connectivity index (χ0v) is 17.1. The van der Waals surface area contributed by atoms with Crippen LogP contribution >= 0.6 is 0 Å². The Morgan fingerprint density at radius 1 is 1.31 bits per heavy atom. The van der Waals surface area contributed by atoms with Gasteiger partial charge in [0, 0.05) is 17.0 Å². The van der Waals surface area contributed by atoms with Crippen molar-refractivity contribution in [2.45, 2.75) is 90.6 Å². The van der Waals surface area contributed by atoms with Gasteiger partial charge in [-0.3, -0.25) is 0 Å². The summed E-state index contributed by atoms with van der Waals surface area (Å²) in [7, 11) is 0. The Morgan fingerprint density at radius 3 is 2.77 bits per heavy atom. The molecule has 0 aromatic heterocycles. The monoisotopic (exact) mass is 356 g/mol. The van der Waals surface area contributed by atoms with Gasteiger partial charge < -0.3 is 9.84 Å². The number of phenols is 1. The highest BCUT2D eigenvalue weighted by Crippen LogP contribution is 2.56. The summed E-state index contributed by atoms with van der Waals surface area (Å²) < 4.78 is 6.50. The molecule has 1 aromatic rings. The van der Waals surface area contributed by atoms with Crippen molar-refractivity contribution >= 4 is 0 Å². The Hall–Kier alpha value is -1.44. The van der Waals surface area contributed by atoms with E-state index in [0.29, 0.717) is 23.5 Å². The Morgan fingerprint density at radius 2 is 2.08 bits per heavy atom. The molecule has 1 aromatic carbocycles. The van der Waals surface area contributed by atoms with Crippen LogP contribution in [0.5, 0.6) is 11.5 Å². The van der Waals surface area contributed by atoms with E-state index in [2.05, 4.69) is 40.3 Å². The van der Waals surface area contributed by atoms with Gasteiger partial charge in [0.05, 0.1) is 0 Å². The summed E-state index contributed by atoms with van der Waals surface area (Å²) in [4.78, 5) is 0. The first-order valence-corrected chi connectivity index (χ1v) is 10.6. The molecule has 1 saturated carbocycles. The Kier molecular flexibility index (Phi) is 5.69. The van der Waals surface area contributed by atoms with Crippen molar-refractivity contribution in [1.82, 2.24) is 0 Å². The van der Waals surface area contributed by atoms with Gasteiger partial charge in [-0.25, -0.2) is 0 Å². The molecule has 2 unspecified atom stereocenters. The molecule has 0 bridgehead atoms. The van der Waals surface area contributed by atoms with Gasteiger partial charge in [-0.1, -0.05) is 39.2 Å². The predicted octanol–water partition coefficient (Wildman–Crippen LogP) is 6.54. The molecule has 1 aliphatic carbocycles. The van der Waals surface area contributed by atoms with Crippen LogP contribution in [-0.4, -0.2) is 10.7 Å². The van der Waals surface area contributed by atoms with Crippen molar-refractivity contribution in [2.75, 3.05) is 0 Å². The molecule has 3 rings (SSSR count). The van der Waals surface area contributed by atoms with Gasteiger partial charge in [-0.2, -0.15) is 0 Å². The second kappa shape index (κ2) is 7.66. The molecule has 2 heteroatoms. The van der Waals surface area contributed by atoms with Crippen LogP contribution in [-0.2, 0) is 12.8 Å². The van der Waals surface area contributed by atoms with Gasteiger partial charge in [-0.15, -0.1) is 6.58 Å². The van der Waals surface area contributed by atoms with Crippen molar-refractivity contribution < 1.29 is 9.84 Å². The molecule has 1 aliphatic heterocycles. The van der Waals surface area contributed by atoms with E-state index in [9.17, 15) is 5.11 Å². The summed E-state index contributed by atoms with van der Waals surface area (Å²) in [6.07, 6.45) is 10.8. The van der Waals surface area contributed by atoms with Crippen LogP contribution < -0.4 is 4.74 Å². The van der Waals surface area contributed by atoms with Crippen LogP contribution in [0.25, 0.3) is 0 Å². The van der Waals surface area contributed by atoms with Gasteiger partial charge >= 0.3 is 0 Å². The number of phenolic OH excluding ortho intramolecular Hbond substituents is 1. The standard InChI is InChI=1S/C24H36O2/c1-6-8-9-11-17-15-21-22(23(25)18(17)10-7-2)19-14-16(3)12-13-20(19)24(4,5)26-21/h7,15-16,19-20,25H,2,6,8-14H2,1,3-5H3/t16?,19?,20-/m1/s1. The quantitative estimate of drug-likeness (QED) is 0.463. The van der Waals surface area contributed by atoms with E-state index in [4.69, 9.17) is 4.74 Å². The summed E-state index contributed by atoms with van der Waals surface area (Å²) in [5.74, 6) is 3.03. The van der Waals surface area contributed by atoms with E-state index in [0.717, 1.165) is 42.6 Å². The van der Waals surface area contributed by atoms with E-state index in [1.807, 2.05) is 6.08 Å². The fourth-order valence-corrected chi connectivity index (χ4v) is 5.25. The zero-order chi connectivity index (χ0) is 18.9. The molecule has 26 heavy (non-hydrogen) atoms. The molecule has 3 atom stereocenters. The first-order chi connectivity index (χ1) is 12.4. The SMILES string of the molecule is C=CCc1c(CCCCC)cc2c(c1O)C1CC(C)CC[C@H]1C(C)(C)O2. The number of ether oxygens (including phenoxy) is 1. The topological polar surface area (TPSA) is 29.5 Å². The number of rotatable bonds is 6. The molecule has 0 amide bonds. The van der Waals surface area contributed by atoms with E-state index in [1.54, 1.807) is 0 Å². The summed E-state index contributed by atoms with van der Waals surface area (Å²) in [6, 6.07) is 2.24. The van der Waals surface area contributed by atoms with Crippen molar-refractivity contribution in [2.24, 2.45) is 11.8 Å². The average Bonchev–Trinajstić information content (AvgIpc) is 2.57. The van der Waals surface area contributed by atoms with Gasteiger partial charge in [0.2, 0.25) is 0 Å². The Balaban J connectivity index is 2.07. The lowest BCUT2D eigenvalue weighted by molar-refractivity contribution is -0.0146. The predicted molar refractivity (Wildman–Crippen MR) is 109 cm³/mol. The third-order valence-corrected chi connectivity index (χ3v) is 6.65. The molecule has 1 fully saturated rings. The second-order valence-electron chi connectivity index (χ2n) is 9.06. The maximum atomic E-state index is 11.3. The minimum atomic E-state index is -0.162. The minimum Gasteiger partial charge on any atom is -0.507 e. The van der Waals surface area contributed by atoms with Crippen molar-refractivity contribution in [3.8, 4) is 11.5 Å². The first kappa shape index (κ1) is 19.3. The van der Waals surface area contributed by atoms with E-state index in [1.165, 1.54) is 31.2 Å². The van der Waals surface area contributed by atoms with Gasteiger partial charge in [0.15, 0.2) is 0 Å². The molecule has 144 valence electrons. The lowest BCUT2D eigenvalue weighted by Gasteiger charge is -2.49. The van der Waals surface area contributed by atoms with Gasteiger partial charge in [0.25, 0.3) is 0 Å². The first-order valence-electron chi connectivity index (χ1n) is 10.6. The fraction of sp³-hybridized carbons (Fsp3) is 0.667. The van der Waals surface area contributed by atoms with Crippen molar-refractivity contribution in [1.29, 1.82) is 0 Å². The van der Waals surface area contributed by atoms with E-state index < -0.39 is 0 Å². The van der Waals surface area contributed by atoms with E-state index >= 15 is 0 Å². The summed E-state index contributed by atoms with van der Waals surface area (Å²) >= 11 is 0. The Labute approximate surface area is 159 Å². The average molecular weight is 357 g/mol. The number of aromatic hydroxyl groups is 1. The van der Waals surface area contributed by atoms with Crippen LogP contribution in [0.3, 0.4) is 0 Å². The van der Waals surface area contributed by atoms with Crippen LogP contribution in [0.1, 0.15) is 88.8 Å². The third kappa shape index (κ3) is 3.52. The second-order valence-corrected chi connectivity index (χ2v) is 9.06. The summed E-state index contributed by atoms with van der Waals surface area (Å²) in [5.41, 5.74) is 3.24. The number of unbranched alkanes of at least 4 members (excludes halogenated alkanes) is 2. The number of benzene rings is 1. The number of hydrogen-bond donors (Lipinski definition) is 1. The summed E-state index contributed by atoms with van der Waals surface area (Å²) in [6.45, 7) is 13.0. The highest BCUT2D eigenvalue weighted by atomic mass is 16.5. The molecule has 1 heterocycles. The van der Waals surface area contributed by atoms with Crippen LogP contribution in [0.2, 0.25) is 0 Å². The largest absolute Gasteiger partial charge is 0.507 e. The fourth-order valence-electron chi connectivity index (χ4n) is 5.25. The third-order valence-electron chi connectivity index (χ3n) is 6.65. The number of aryl methyl sites for hydroxylation is 1. The van der Waals surface area contributed by atoms with Gasteiger partial charge in [0.1, 0.15) is 17.1 Å². The normalized spacial score (nSPS) is 26.5. The van der Waals surface area contributed by atoms with Crippen molar-refractivity contribution in [3.63, 3.8) is 0 Å². The smallest absolute Gasteiger partial charge is 0.127 e. The molecule has 2 aliphatic rings. The number of fused-ring (bicyclic) bond motifs is 3. The zero-order valence-electron chi connectivity index (χ0n) is 17.1. The number of hydrogen-bond acceptors (Lipinski definition) is 2. The highest BCUT2D eigenvalue weighted by molar-refractivity contribution is 5.57. The molecule has 0 saturated heterocycles. The van der Waals surface area contributed by atoms with Gasteiger partial charge in [-0.05, 0) is 69.4 Å². The summed E-state index contributed by atoms with van der Waals surface area (Å²) in [5, 5.41) is 11.3.